The molecule has 0 fully saturated rings. The topological polar surface area (TPSA) is 34.0 Å². The minimum Gasteiger partial charge on any atom is -0.497 e. The second kappa shape index (κ2) is 5.53. The number of hydrogen-bond donors (Lipinski definition) is 0. The molecule has 0 spiro atoms. The Bertz CT molecular complexity index is 704. The van der Waals surface area contributed by atoms with Crippen molar-refractivity contribution in [2.45, 2.75) is 0 Å². The predicted molar refractivity (Wildman–Crippen MR) is 80.2 cm³/mol. The Balaban J connectivity index is 1.88. The van der Waals surface area contributed by atoms with Crippen LogP contribution in [0.3, 0.4) is 0 Å². The van der Waals surface area contributed by atoms with Crippen LogP contribution >= 0.6 is 0 Å². The lowest BCUT2D eigenvalue weighted by atomic mass is 10.2. The minimum absolute atomic E-state index is 0.806. The van der Waals surface area contributed by atoms with Gasteiger partial charge in [0, 0.05) is 5.56 Å². The van der Waals surface area contributed by atoms with Crippen molar-refractivity contribution in [1.29, 1.82) is 0 Å². The second-order valence-corrected chi connectivity index (χ2v) is 4.40. The fourth-order valence-corrected chi connectivity index (χ4v) is 2.05. The first-order chi connectivity index (χ1) is 9.86. The highest BCUT2D eigenvalue weighted by atomic mass is 16.5. The lowest BCUT2D eigenvalue weighted by Crippen LogP contribution is -1.79. The van der Waals surface area contributed by atoms with Gasteiger partial charge in [0.1, 0.15) is 5.75 Å². The summed E-state index contributed by atoms with van der Waals surface area (Å²) in [5, 5.41) is 8.60. The molecule has 3 heteroatoms. The number of fused-ring (bicyclic) bond motifs is 1. The van der Waals surface area contributed by atoms with E-state index in [0.29, 0.717) is 0 Å². The van der Waals surface area contributed by atoms with Gasteiger partial charge in [-0.2, -0.15) is 5.11 Å². The number of ether oxygens (including phenoxy) is 1. The maximum atomic E-state index is 5.12. The predicted octanol–water partition coefficient (Wildman–Crippen LogP) is 5.22. The molecule has 20 heavy (non-hydrogen) atoms. The third-order valence-corrected chi connectivity index (χ3v) is 3.11. The van der Waals surface area contributed by atoms with Gasteiger partial charge in [-0.25, -0.2) is 0 Å². The first-order valence-corrected chi connectivity index (χ1v) is 6.40. The van der Waals surface area contributed by atoms with Crippen LogP contribution in [0.15, 0.2) is 77.0 Å². The molecule has 2 aliphatic rings. The van der Waals surface area contributed by atoms with Crippen LogP contribution in [0.25, 0.3) is 11.1 Å². The maximum absolute atomic E-state index is 5.12. The van der Waals surface area contributed by atoms with E-state index in [1.165, 1.54) is 5.56 Å². The Morgan fingerprint density at radius 2 is 1.55 bits per heavy atom. The number of hydrogen-bond acceptors (Lipinski definition) is 3. The lowest BCUT2D eigenvalue weighted by Gasteiger charge is -1.98. The van der Waals surface area contributed by atoms with Gasteiger partial charge in [0.05, 0.1) is 18.5 Å². The summed E-state index contributed by atoms with van der Waals surface area (Å²) < 4.78 is 5.12. The third-order valence-electron chi connectivity index (χ3n) is 3.11. The number of benzene rings is 1. The summed E-state index contributed by atoms with van der Waals surface area (Å²) in [6.07, 6.45) is 0. The Morgan fingerprint density at radius 1 is 0.750 bits per heavy atom. The lowest BCUT2D eigenvalue weighted by molar-refractivity contribution is 0.415. The third kappa shape index (κ3) is 2.52. The fraction of sp³-hybridized carbons (Fsp3) is 0.0588. The molecule has 0 aromatic heterocycles. The molecule has 3 nitrogen and oxygen atoms in total. The maximum Gasteiger partial charge on any atom is 0.119 e. The van der Waals surface area contributed by atoms with Crippen LogP contribution in [0.2, 0.25) is 0 Å². The number of rotatable bonds is 3. The zero-order valence-electron chi connectivity index (χ0n) is 11.2. The Hall–Kier alpha value is -2.68. The van der Waals surface area contributed by atoms with Gasteiger partial charge in [-0.1, -0.05) is 36.4 Å². The van der Waals surface area contributed by atoms with E-state index in [1.807, 2.05) is 48.5 Å². The highest BCUT2D eigenvalue weighted by Gasteiger charge is 2.06. The van der Waals surface area contributed by atoms with Crippen molar-refractivity contribution in [1.82, 2.24) is 0 Å². The summed E-state index contributed by atoms with van der Waals surface area (Å²) in [5.41, 5.74) is 3.96. The average molecular weight is 262 g/mol. The van der Waals surface area contributed by atoms with E-state index < -0.39 is 0 Å². The quantitative estimate of drug-likeness (QED) is 0.596. The molecule has 1 aromatic rings. The molecule has 2 aliphatic carbocycles. The molecule has 0 unspecified atom stereocenters. The molecular weight excluding hydrogens is 248 g/mol. The van der Waals surface area contributed by atoms with Gasteiger partial charge in [-0.15, -0.1) is 5.11 Å². The van der Waals surface area contributed by atoms with Crippen LogP contribution in [-0.4, -0.2) is 7.11 Å². The van der Waals surface area contributed by atoms with Crippen molar-refractivity contribution in [2.24, 2.45) is 10.2 Å². The van der Waals surface area contributed by atoms with Crippen LogP contribution in [0.1, 0.15) is 0 Å². The van der Waals surface area contributed by atoms with Crippen LogP contribution in [0.4, 0.5) is 11.4 Å². The molecular formula is C17H14N2O. The van der Waals surface area contributed by atoms with E-state index >= 15 is 0 Å². The molecule has 0 amide bonds. The summed E-state index contributed by atoms with van der Waals surface area (Å²) in [4.78, 5) is 0. The Kier molecular flexibility index (Phi) is 3.42. The van der Waals surface area contributed by atoms with Crippen LogP contribution < -0.4 is 4.74 Å². The smallest absolute Gasteiger partial charge is 0.119 e. The molecule has 0 N–H and O–H groups in total. The fourth-order valence-electron chi connectivity index (χ4n) is 2.05. The molecule has 0 bridgehead atoms. The number of nitrogens with zero attached hydrogens (tertiary/aromatic N) is 2. The largest absolute Gasteiger partial charge is 0.497 e. The summed E-state index contributed by atoms with van der Waals surface area (Å²) in [6.45, 7) is 0. The first-order valence-electron chi connectivity index (χ1n) is 6.40. The second-order valence-electron chi connectivity index (χ2n) is 4.40. The summed E-state index contributed by atoms with van der Waals surface area (Å²) in [6, 6.07) is 21.7. The van der Waals surface area contributed by atoms with E-state index in [9.17, 15) is 0 Å². The van der Waals surface area contributed by atoms with Gasteiger partial charge in [0.15, 0.2) is 0 Å². The van der Waals surface area contributed by atoms with Crippen molar-refractivity contribution in [3.8, 4) is 16.9 Å². The molecule has 98 valence electrons. The number of methoxy groups -OCH3 is 1. The van der Waals surface area contributed by atoms with Gasteiger partial charge in [0.2, 0.25) is 0 Å². The molecule has 0 saturated carbocycles. The van der Waals surface area contributed by atoms with E-state index in [0.717, 1.165) is 22.7 Å². The highest BCUT2D eigenvalue weighted by Crippen LogP contribution is 2.34. The van der Waals surface area contributed by atoms with E-state index in [1.54, 1.807) is 7.11 Å². The molecule has 0 heterocycles. The molecule has 1 aromatic carbocycles. The van der Waals surface area contributed by atoms with Crippen molar-refractivity contribution >= 4 is 11.4 Å². The van der Waals surface area contributed by atoms with Crippen LogP contribution in [0.5, 0.6) is 5.75 Å². The van der Waals surface area contributed by atoms with E-state index in [2.05, 4.69) is 28.4 Å². The van der Waals surface area contributed by atoms with Crippen molar-refractivity contribution < 1.29 is 4.74 Å². The van der Waals surface area contributed by atoms with Gasteiger partial charge in [0.25, 0.3) is 0 Å². The summed E-state index contributed by atoms with van der Waals surface area (Å²) in [5.74, 6) is 0.815. The normalized spacial score (nSPS) is 11.1. The Morgan fingerprint density at radius 3 is 2.35 bits per heavy atom. The standard InChI is InChI=1S/C17H14N2O/c1-20-15-10-8-14(9-11-15)18-19-17-12-7-13-5-3-2-4-6-16(13)17/h2-12H,1H3. The molecule has 0 atom stereocenters. The van der Waals surface area contributed by atoms with Crippen molar-refractivity contribution in [3.05, 3.63) is 66.7 Å². The van der Waals surface area contributed by atoms with Gasteiger partial charge >= 0.3 is 0 Å². The van der Waals surface area contributed by atoms with Gasteiger partial charge < -0.3 is 4.74 Å². The average Bonchev–Trinajstić information content (AvgIpc) is 2.72. The number of azo groups is 1. The zero-order valence-corrected chi connectivity index (χ0v) is 11.2. The van der Waals surface area contributed by atoms with Crippen molar-refractivity contribution in [3.63, 3.8) is 0 Å². The summed E-state index contributed by atoms with van der Waals surface area (Å²) in [7, 11) is 1.65. The molecule has 0 saturated heterocycles. The van der Waals surface area contributed by atoms with Crippen LogP contribution in [0, 0.1) is 0 Å². The first kappa shape index (κ1) is 12.4. The van der Waals surface area contributed by atoms with E-state index in [4.69, 9.17) is 4.74 Å². The monoisotopic (exact) mass is 262 g/mol. The van der Waals surface area contributed by atoms with Crippen molar-refractivity contribution in [2.75, 3.05) is 7.11 Å². The Labute approximate surface area is 117 Å². The molecule has 0 aliphatic heterocycles. The summed E-state index contributed by atoms with van der Waals surface area (Å²) >= 11 is 0. The highest BCUT2D eigenvalue weighted by molar-refractivity contribution is 5.79. The minimum atomic E-state index is 0.806. The van der Waals surface area contributed by atoms with Crippen LogP contribution in [-0.2, 0) is 0 Å². The molecule has 0 radical (unpaired) electrons. The van der Waals surface area contributed by atoms with E-state index in [-0.39, 0.29) is 0 Å². The molecule has 3 rings (SSSR count). The SMILES string of the molecule is COc1ccc(N=Nc2ccc3cccccc2-3)cc1. The van der Waals surface area contributed by atoms with Gasteiger partial charge in [-0.05, 0) is 35.9 Å². The zero-order chi connectivity index (χ0) is 13.8. The van der Waals surface area contributed by atoms with Gasteiger partial charge in [-0.3, -0.25) is 0 Å².